The van der Waals surface area contributed by atoms with Crippen LogP contribution in [0.25, 0.3) is 0 Å². The van der Waals surface area contributed by atoms with Gasteiger partial charge in [-0.05, 0) is 29.8 Å². The summed E-state index contributed by atoms with van der Waals surface area (Å²) in [4.78, 5) is 0. The van der Waals surface area contributed by atoms with E-state index in [4.69, 9.17) is 16.1 Å². The van der Waals surface area contributed by atoms with Crippen molar-refractivity contribution >= 4 is 17.3 Å². The summed E-state index contributed by atoms with van der Waals surface area (Å²) >= 11 is 5.99. The predicted octanol–water partition coefficient (Wildman–Crippen LogP) is 4.06. The molecule has 0 aliphatic carbocycles. The molecule has 1 unspecified atom stereocenters. The minimum Gasteiger partial charge on any atom is -0.396 e. The quantitative estimate of drug-likeness (QED) is 0.716. The van der Waals surface area contributed by atoms with Crippen molar-refractivity contribution in [3.8, 4) is 0 Å². The maximum absolute atomic E-state index is 9.23. The average Bonchev–Trinajstić information content (AvgIpc) is 3.03. The number of aliphatic hydroxyl groups is 1. The van der Waals surface area contributed by atoms with Crippen molar-refractivity contribution in [3.05, 3.63) is 82.7 Å². The Morgan fingerprint density at radius 1 is 1.09 bits per heavy atom. The number of nitrogens with zero attached hydrogens (tertiary/aromatic N) is 1. The molecule has 23 heavy (non-hydrogen) atoms. The first-order chi connectivity index (χ1) is 11.3. The van der Waals surface area contributed by atoms with Crippen LogP contribution in [0.4, 0.5) is 5.69 Å². The lowest BCUT2D eigenvalue weighted by Gasteiger charge is -2.19. The molecule has 1 heterocycles. The zero-order valence-electron chi connectivity index (χ0n) is 12.4. The number of halogens is 1. The lowest BCUT2D eigenvalue weighted by Crippen LogP contribution is -2.15. The van der Waals surface area contributed by atoms with Gasteiger partial charge in [0.1, 0.15) is 12.0 Å². The number of aromatic nitrogens is 1. The van der Waals surface area contributed by atoms with Crippen LogP contribution in [0.3, 0.4) is 0 Å². The minimum atomic E-state index is -0.185. The van der Waals surface area contributed by atoms with Crippen LogP contribution >= 0.6 is 11.6 Å². The largest absolute Gasteiger partial charge is 0.396 e. The maximum Gasteiger partial charge on any atom is 0.127 e. The minimum absolute atomic E-state index is 0.0485. The summed E-state index contributed by atoms with van der Waals surface area (Å²) < 4.78 is 5.13. The van der Waals surface area contributed by atoms with Crippen LogP contribution < -0.4 is 5.32 Å². The molecule has 0 saturated carbocycles. The summed E-state index contributed by atoms with van der Waals surface area (Å²) in [7, 11) is 0. The number of nitrogens with one attached hydrogen (secondary N) is 1. The van der Waals surface area contributed by atoms with Crippen LogP contribution in [0.5, 0.6) is 0 Å². The summed E-state index contributed by atoms with van der Waals surface area (Å²) in [5, 5.41) is 17.5. The van der Waals surface area contributed by atoms with Crippen molar-refractivity contribution in [2.24, 2.45) is 0 Å². The first kappa shape index (κ1) is 15.6. The third-order valence-corrected chi connectivity index (χ3v) is 3.87. The highest BCUT2D eigenvalue weighted by Crippen LogP contribution is 2.29. The van der Waals surface area contributed by atoms with E-state index in [0.29, 0.717) is 11.4 Å². The third-order valence-electron chi connectivity index (χ3n) is 3.62. The highest BCUT2D eigenvalue weighted by atomic mass is 35.5. The number of anilines is 1. The molecule has 3 aromatic rings. The fourth-order valence-corrected chi connectivity index (χ4v) is 2.60. The van der Waals surface area contributed by atoms with E-state index in [-0.39, 0.29) is 12.6 Å². The van der Waals surface area contributed by atoms with Gasteiger partial charge in [-0.3, -0.25) is 0 Å². The molecule has 4 nitrogen and oxygen atoms in total. The molecule has 0 spiro atoms. The highest BCUT2D eigenvalue weighted by Gasteiger charge is 2.21. The van der Waals surface area contributed by atoms with E-state index in [2.05, 4.69) is 10.5 Å². The molecular formula is C18H17ClN2O2. The number of benzene rings is 2. The summed E-state index contributed by atoms with van der Waals surface area (Å²) in [6.07, 6.45) is 2.08. The predicted molar refractivity (Wildman–Crippen MR) is 90.7 cm³/mol. The Morgan fingerprint density at radius 2 is 1.83 bits per heavy atom. The van der Waals surface area contributed by atoms with E-state index in [9.17, 15) is 5.11 Å². The smallest absolute Gasteiger partial charge is 0.127 e. The Balaban J connectivity index is 1.98. The fourth-order valence-electron chi connectivity index (χ4n) is 2.48. The third kappa shape index (κ3) is 3.73. The Hall–Kier alpha value is -2.30. The molecule has 2 N–H and O–H groups in total. The van der Waals surface area contributed by atoms with Crippen molar-refractivity contribution in [1.82, 2.24) is 5.16 Å². The molecule has 0 aliphatic heterocycles. The highest BCUT2D eigenvalue weighted by molar-refractivity contribution is 6.30. The van der Waals surface area contributed by atoms with Gasteiger partial charge in [-0.2, -0.15) is 0 Å². The van der Waals surface area contributed by atoms with Crippen molar-refractivity contribution in [1.29, 1.82) is 0 Å². The number of hydrogen-bond donors (Lipinski definition) is 2. The second-order valence-electron chi connectivity index (χ2n) is 5.19. The van der Waals surface area contributed by atoms with Gasteiger partial charge in [0, 0.05) is 29.3 Å². The number of hydrogen-bond acceptors (Lipinski definition) is 4. The molecular weight excluding hydrogens is 312 g/mol. The summed E-state index contributed by atoms with van der Waals surface area (Å²) in [5.41, 5.74) is 3.65. The van der Waals surface area contributed by atoms with Crippen LogP contribution in [0.2, 0.25) is 5.02 Å². The van der Waals surface area contributed by atoms with Gasteiger partial charge in [-0.15, -0.1) is 0 Å². The molecule has 0 amide bonds. The molecule has 118 valence electrons. The number of para-hydroxylation sites is 1. The van der Waals surface area contributed by atoms with Crippen LogP contribution in [-0.4, -0.2) is 16.9 Å². The van der Waals surface area contributed by atoms with Crippen molar-refractivity contribution in [2.75, 3.05) is 11.9 Å². The summed E-state index contributed by atoms with van der Waals surface area (Å²) in [5.74, 6) is 0. The van der Waals surface area contributed by atoms with Gasteiger partial charge in [-0.1, -0.05) is 47.1 Å². The topological polar surface area (TPSA) is 58.3 Å². The van der Waals surface area contributed by atoms with E-state index < -0.39 is 0 Å². The summed E-state index contributed by atoms with van der Waals surface area (Å²) in [6, 6.07) is 17.3. The normalized spacial score (nSPS) is 12.1. The van der Waals surface area contributed by atoms with E-state index in [0.717, 1.165) is 22.5 Å². The molecule has 0 fully saturated rings. The van der Waals surface area contributed by atoms with Gasteiger partial charge in [0.05, 0.1) is 6.04 Å². The van der Waals surface area contributed by atoms with Crippen LogP contribution in [0, 0.1) is 0 Å². The SMILES string of the molecule is OCCc1conc1C(Nc1ccccc1)c1ccc(Cl)cc1. The number of rotatable bonds is 6. The van der Waals surface area contributed by atoms with Gasteiger partial charge >= 0.3 is 0 Å². The lowest BCUT2D eigenvalue weighted by atomic mass is 9.99. The first-order valence-electron chi connectivity index (χ1n) is 7.39. The second-order valence-corrected chi connectivity index (χ2v) is 5.63. The zero-order valence-corrected chi connectivity index (χ0v) is 13.2. The first-order valence-corrected chi connectivity index (χ1v) is 7.77. The summed E-state index contributed by atoms with van der Waals surface area (Å²) in [6.45, 7) is 0.0485. The fraction of sp³-hybridized carbons (Fsp3) is 0.167. The molecule has 0 radical (unpaired) electrons. The zero-order chi connectivity index (χ0) is 16.1. The standard InChI is InChI=1S/C18H17ClN2O2/c19-15-8-6-13(7-9-15)17(20-16-4-2-1-3-5-16)18-14(10-11-22)12-23-21-18/h1-9,12,17,20,22H,10-11H2. The Bertz CT molecular complexity index is 741. The van der Waals surface area contributed by atoms with Crippen molar-refractivity contribution in [3.63, 3.8) is 0 Å². The molecule has 3 rings (SSSR count). The van der Waals surface area contributed by atoms with Crippen molar-refractivity contribution in [2.45, 2.75) is 12.5 Å². The molecule has 0 saturated heterocycles. The Morgan fingerprint density at radius 3 is 2.52 bits per heavy atom. The Kier molecular flexibility index (Phi) is 4.95. The van der Waals surface area contributed by atoms with Crippen molar-refractivity contribution < 1.29 is 9.63 Å². The van der Waals surface area contributed by atoms with E-state index in [1.54, 1.807) is 6.26 Å². The van der Waals surface area contributed by atoms with E-state index in [1.807, 2.05) is 54.6 Å². The molecule has 0 bridgehead atoms. The average molecular weight is 329 g/mol. The van der Waals surface area contributed by atoms with E-state index in [1.165, 1.54) is 0 Å². The molecule has 1 aromatic heterocycles. The van der Waals surface area contributed by atoms with Gasteiger partial charge in [0.2, 0.25) is 0 Å². The van der Waals surface area contributed by atoms with Gasteiger partial charge in [0.15, 0.2) is 0 Å². The molecule has 5 heteroatoms. The molecule has 2 aromatic carbocycles. The van der Waals surface area contributed by atoms with Gasteiger partial charge < -0.3 is 14.9 Å². The second kappa shape index (κ2) is 7.31. The van der Waals surface area contributed by atoms with Gasteiger partial charge in [-0.25, -0.2) is 0 Å². The maximum atomic E-state index is 9.23. The lowest BCUT2D eigenvalue weighted by molar-refractivity contribution is 0.299. The monoisotopic (exact) mass is 328 g/mol. The van der Waals surface area contributed by atoms with Crippen LogP contribution in [0.1, 0.15) is 22.9 Å². The van der Waals surface area contributed by atoms with Crippen LogP contribution in [0.15, 0.2) is 65.4 Å². The molecule has 1 atom stereocenters. The van der Waals surface area contributed by atoms with Crippen LogP contribution in [-0.2, 0) is 6.42 Å². The molecule has 0 aliphatic rings. The Labute approximate surface area is 139 Å². The van der Waals surface area contributed by atoms with Gasteiger partial charge in [0.25, 0.3) is 0 Å². The number of aliphatic hydroxyl groups excluding tert-OH is 1. The van der Waals surface area contributed by atoms with E-state index >= 15 is 0 Å².